The third-order valence-electron chi connectivity index (χ3n) is 4.40. The van der Waals surface area contributed by atoms with Crippen molar-refractivity contribution in [3.05, 3.63) is 29.3 Å². The van der Waals surface area contributed by atoms with Gasteiger partial charge in [-0.05, 0) is 63.6 Å². The zero-order valence-corrected chi connectivity index (χ0v) is 12.0. The number of aliphatic hydroxyl groups is 1. The highest BCUT2D eigenvalue weighted by Gasteiger charge is 2.35. The Morgan fingerprint density at radius 2 is 2.06 bits per heavy atom. The van der Waals surface area contributed by atoms with Crippen molar-refractivity contribution in [3.63, 3.8) is 0 Å². The summed E-state index contributed by atoms with van der Waals surface area (Å²) in [6, 6.07) is 6.54. The molecular weight excluding hydrogens is 222 g/mol. The minimum atomic E-state index is 0.129. The number of hydrogen-bond acceptors (Lipinski definition) is 2. The molecule has 1 heterocycles. The van der Waals surface area contributed by atoms with E-state index in [0.29, 0.717) is 12.5 Å². The van der Waals surface area contributed by atoms with Gasteiger partial charge in [-0.3, -0.25) is 0 Å². The monoisotopic (exact) mass is 247 g/mol. The second-order valence-corrected chi connectivity index (χ2v) is 6.22. The topological polar surface area (TPSA) is 23.5 Å². The van der Waals surface area contributed by atoms with Gasteiger partial charge in [0.05, 0.1) is 0 Å². The molecule has 1 aliphatic rings. The smallest absolute Gasteiger partial charge is 0.0460 e. The summed E-state index contributed by atoms with van der Waals surface area (Å²) >= 11 is 0. The van der Waals surface area contributed by atoms with Crippen molar-refractivity contribution >= 4 is 5.69 Å². The molecule has 0 radical (unpaired) electrons. The number of rotatable bonds is 2. The summed E-state index contributed by atoms with van der Waals surface area (Å²) in [5, 5.41) is 9.36. The lowest BCUT2D eigenvalue weighted by molar-refractivity contribution is 0.166. The first-order chi connectivity index (χ1) is 8.45. The third kappa shape index (κ3) is 2.39. The summed E-state index contributed by atoms with van der Waals surface area (Å²) < 4.78 is 0. The van der Waals surface area contributed by atoms with E-state index in [-0.39, 0.29) is 5.54 Å². The van der Waals surface area contributed by atoms with Gasteiger partial charge >= 0.3 is 0 Å². The first kappa shape index (κ1) is 13.4. The van der Waals surface area contributed by atoms with Gasteiger partial charge in [-0.25, -0.2) is 0 Å². The van der Waals surface area contributed by atoms with Crippen molar-refractivity contribution < 1.29 is 5.11 Å². The normalized spacial score (nSPS) is 23.2. The number of piperidine rings is 1. The lowest BCUT2D eigenvalue weighted by Crippen LogP contribution is -2.51. The summed E-state index contributed by atoms with van der Waals surface area (Å²) in [5.41, 5.74) is 4.22. The third-order valence-corrected chi connectivity index (χ3v) is 4.40. The predicted molar refractivity (Wildman–Crippen MR) is 77.2 cm³/mol. The molecule has 1 N–H and O–H groups in total. The van der Waals surface area contributed by atoms with Crippen molar-refractivity contribution in [1.29, 1.82) is 0 Å². The number of aliphatic hydroxyl groups excluding tert-OH is 1. The van der Waals surface area contributed by atoms with Crippen molar-refractivity contribution in [2.75, 3.05) is 18.1 Å². The fraction of sp³-hybridized carbons (Fsp3) is 0.625. The van der Waals surface area contributed by atoms with Crippen molar-refractivity contribution in [1.82, 2.24) is 0 Å². The Morgan fingerprint density at radius 1 is 1.33 bits per heavy atom. The van der Waals surface area contributed by atoms with Crippen LogP contribution in [0.5, 0.6) is 0 Å². The summed E-state index contributed by atoms with van der Waals surface area (Å²) in [5.74, 6) is 0.460. The molecule has 1 atom stereocenters. The molecule has 0 spiro atoms. The number of nitrogens with zero attached hydrogens (tertiary/aromatic N) is 1. The molecule has 1 aromatic carbocycles. The molecule has 2 rings (SSSR count). The zero-order valence-electron chi connectivity index (χ0n) is 12.0. The molecule has 1 unspecified atom stereocenters. The van der Waals surface area contributed by atoms with Gasteiger partial charge < -0.3 is 10.0 Å². The number of hydrogen-bond donors (Lipinski definition) is 1. The molecule has 0 amide bonds. The van der Waals surface area contributed by atoms with Crippen LogP contribution in [0, 0.1) is 19.8 Å². The maximum atomic E-state index is 9.36. The van der Waals surface area contributed by atoms with Gasteiger partial charge in [-0.2, -0.15) is 0 Å². The van der Waals surface area contributed by atoms with Crippen LogP contribution in [0.2, 0.25) is 0 Å². The zero-order chi connectivity index (χ0) is 13.3. The molecule has 100 valence electrons. The second-order valence-electron chi connectivity index (χ2n) is 6.22. The van der Waals surface area contributed by atoms with E-state index in [2.05, 4.69) is 50.8 Å². The Kier molecular flexibility index (Phi) is 3.67. The van der Waals surface area contributed by atoms with Crippen LogP contribution in [0.25, 0.3) is 0 Å². The molecule has 0 saturated carbocycles. The Labute approximate surface area is 111 Å². The largest absolute Gasteiger partial charge is 0.396 e. The van der Waals surface area contributed by atoms with Gasteiger partial charge in [0, 0.05) is 24.4 Å². The molecule has 18 heavy (non-hydrogen) atoms. The highest BCUT2D eigenvalue weighted by atomic mass is 16.3. The van der Waals surface area contributed by atoms with E-state index < -0.39 is 0 Å². The van der Waals surface area contributed by atoms with E-state index in [1.807, 2.05) is 0 Å². The van der Waals surface area contributed by atoms with Crippen LogP contribution in [0.1, 0.15) is 37.8 Å². The highest BCUT2D eigenvalue weighted by molar-refractivity contribution is 5.58. The Balaban J connectivity index is 2.31. The van der Waals surface area contributed by atoms with Gasteiger partial charge in [0.25, 0.3) is 0 Å². The van der Waals surface area contributed by atoms with Gasteiger partial charge in [-0.1, -0.05) is 12.1 Å². The molecule has 0 aliphatic carbocycles. The molecule has 0 aromatic heterocycles. The van der Waals surface area contributed by atoms with Crippen molar-refractivity contribution in [2.24, 2.45) is 5.92 Å². The lowest BCUT2D eigenvalue weighted by atomic mass is 9.82. The predicted octanol–water partition coefficient (Wildman–Crippen LogP) is 3.29. The Morgan fingerprint density at radius 3 is 2.67 bits per heavy atom. The molecule has 1 aliphatic heterocycles. The van der Waals surface area contributed by atoms with Crippen LogP contribution in [0.4, 0.5) is 5.69 Å². The van der Waals surface area contributed by atoms with E-state index in [4.69, 9.17) is 0 Å². The lowest BCUT2D eigenvalue weighted by Gasteiger charge is -2.47. The Hall–Kier alpha value is -1.02. The molecule has 2 heteroatoms. The van der Waals surface area contributed by atoms with Crippen LogP contribution in [-0.4, -0.2) is 23.8 Å². The van der Waals surface area contributed by atoms with Gasteiger partial charge in [-0.15, -0.1) is 0 Å². The van der Waals surface area contributed by atoms with Crippen LogP contribution >= 0.6 is 0 Å². The summed E-state index contributed by atoms with van der Waals surface area (Å²) in [7, 11) is 0. The fourth-order valence-corrected chi connectivity index (χ4v) is 3.16. The van der Waals surface area contributed by atoms with E-state index in [1.54, 1.807) is 0 Å². The van der Waals surface area contributed by atoms with E-state index in [0.717, 1.165) is 19.4 Å². The molecule has 1 fully saturated rings. The first-order valence-electron chi connectivity index (χ1n) is 6.90. The van der Waals surface area contributed by atoms with Gasteiger partial charge in [0.15, 0.2) is 0 Å². The summed E-state index contributed by atoms with van der Waals surface area (Å²) in [6.45, 7) is 10.3. The summed E-state index contributed by atoms with van der Waals surface area (Å²) in [4.78, 5) is 2.52. The highest BCUT2D eigenvalue weighted by Crippen LogP contribution is 2.37. The average Bonchev–Trinajstić information content (AvgIpc) is 2.32. The molecular formula is C16H25NO. The van der Waals surface area contributed by atoms with Crippen LogP contribution in [-0.2, 0) is 0 Å². The minimum Gasteiger partial charge on any atom is -0.396 e. The van der Waals surface area contributed by atoms with Gasteiger partial charge in [0.2, 0.25) is 0 Å². The molecule has 1 aromatic rings. The maximum Gasteiger partial charge on any atom is 0.0460 e. The Bertz CT molecular complexity index is 425. The van der Waals surface area contributed by atoms with Crippen LogP contribution < -0.4 is 4.90 Å². The summed E-state index contributed by atoms with van der Waals surface area (Å²) in [6.07, 6.45) is 2.16. The standard InChI is InChI=1S/C16H25NO/c1-12-6-5-7-15(13(12)2)17-9-8-14(11-18)10-16(17,3)4/h5-7,14,18H,8-11H2,1-4H3. The van der Waals surface area contributed by atoms with Crippen molar-refractivity contribution in [2.45, 2.75) is 46.1 Å². The second kappa shape index (κ2) is 4.93. The van der Waals surface area contributed by atoms with E-state index in [9.17, 15) is 5.11 Å². The number of benzene rings is 1. The average molecular weight is 247 g/mol. The first-order valence-corrected chi connectivity index (χ1v) is 6.90. The quantitative estimate of drug-likeness (QED) is 0.867. The van der Waals surface area contributed by atoms with E-state index >= 15 is 0 Å². The van der Waals surface area contributed by atoms with Crippen LogP contribution in [0.15, 0.2) is 18.2 Å². The van der Waals surface area contributed by atoms with E-state index in [1.165, 1.54) is 16.8 Å². The molecule has 0 bridgehead atoms. The molecule has 2 nitrogen and oxygen atoms in total. The maximum absolute atomic E-state index is 9.36. The molecule has 1 saturated heterocycles. The number of aryl methyl sites for hydroxylation is 1. The minimum absolute atomic E-state index is 0.129. The fourth-order valence-electron chi connectivity index (χ4n) is 3.16. The van der Waals surface area contributed by atoms with Crippen LogP contribution in [0.3, 0.4) is 0 Å². The SMILES string of the molecule is Cc1cccc(N2CCC(CO)CC2(C)C)c1C. The number of anilines is 1. The van der Waals surface area contributed by atoms with Crippen molar-refractivity contribution in [3.8, 4) is 0 Å². The van der Waals surface area contributed by atoms with Gasteiger partial charge in [0.1, 0.15) is 0 Å².